The van der Waals surface area contributed by atoms with Crippen LogP contribution in [-0.2, 0) is 0 Å². The lowest BCUT2D eigenvalue weighted by Crippen LogP contribution is -2.21. The predicted octanol–water partition coefficient (Wildman–Crippen LogP) is 3.81. The molecule has 1 amide bonds. The average molecular weight is 334 g/mol. The number of amides is 1. The first kappa shape index (κ1) is 17.2. The van der Waals surface area contributed by atoms with E-state index in [2.05, 4.69) is 0 Å². The standard InChI is InChI=1S/C18H20ClNO3/c1-13-11-16(7-8-17(13)19)23-10-9-22-15-6-4-5-14(12-15)18(21)20(2)3/h4-8,11-12H,9-10H2,1-3H3. The number of carbonyl (C=O) groups is 1. The van der Waals surface area contributed by atoms with Crippen LogP contribution >= 0.6 is 11.6 Å². The highest BCUT2D eigenvalue weighted by atomic mass is 35.5. The Morgan fingerprint density at radius 2 is 1.70 bits per heavy atom. The number of hydrogen-bond acceptors (Lipinski definition) is 3. The summed E-state index contributed by atoms with van der Waals surface area (Å²) in [5.74, 6) is 1.35. The van der Waals surface area contributed by atoms with E-state index >= 15 is 0 Å². The Kier molecular flexibility index (Phi) is 5.88. The van der Waals surface area contributed by atoms with E-state index in [9.17, 15) is 4.79 Å². The van der Waals surface area contributed by atoms with E-state index < -0.39 is 0 Å². The van der Waals surface area contributed by atoms with Gasteiger partial charge in [-0.2, -0.15) is 0 Å². The van der Waals surface area contributed by atoms with Crippen LogP contribution < -0.4 is 9.47 Å². The number of aryl methyl sites for hydroxylation is 1. The van der Waals surface area contributed by atoms with Gasteiger partial charge in [0.05, 0.1) is 0 Å². The summed E-state index contributed by atoms with van der Waals surface area (Å²) in [7, 11) is 3.44. The van der Waals surface area contributed by atoms with Crippen molar-refractivity contribution in [1.82, 2.24) is 4.90 Å². The molecule has 0 saturated heterocycles. The number of benzene rings is 2. The smallest absolute Gasteiger partial charge is 0.253 e. The fourth-order valence-corrected chi connectivity index (χ4v) is 2.12. The van der Waals surface area contributed by atoms with E-state index in [1.807, 2.05) is 31.2 Å². The van der Waals surface area contributed by atoms with E-state index in [1.165, 1.54) is 4.90 Å². The van der Waals surface area contributed by atoms with Crippen molar-refractivity contribution in [2.24, 2.45) is 0 Å². The zero-order valence-corrected chi connectivity index (χ0v) is 14.3. The molecule has 0 unspecified atom stereocenters. The number of ether oxygens (including phenoxy) is 2. The minimum atomic E-state index is -0.0525. The Hall–Kier alpha value is -2.20. The highest BCUT2D eigenvalue weighted by Crippen LogP contribution is 2.21. The molecule has 0 spiro atoms. The summed E-state index contributed by atoms with van der Waals surface area (Å²) in [6.07, 6.45) is 0. The van der Waals surface area contributed by atoms with Crippen LogP contribution in [0, 0.1) is 6.92 Å². The lowest BCUT2D eigenvalue weighted by atomic mass is 10.2. The Balaban J connectivity index is 1.85. The van der Waals surface area contributed by atoms with Crippen LogP contribution in [0.3, 0.4) is 0 Å². The van der Waals surface area contributed by atoms with Crippen LogP contribution in [0.4, 0.5) is 0 Å². The van der Waals surface area contributed by atoms with Gasteiger partial charge in [-0.1, -0.05) is 17.7 Å². The largest absolute Gasteiger partial charge is 0.490 e. The molecule has 0 heterocycles. The van der Waals surface area contributed by atoms with Crippen molar-refractivity contribution in [3.63, 3.8) is 0 Å². The molecule has 0 aliphatic heterocycles. The Morgan fingerprint density at radius 1 is 1.04 bits per heavy atom. The van der Waals surface area contributed by atoms with Gasteiger partial charge in [0.15, 0.2) is 0 Å². The van der Waals surface area contributed by atoms with E-state index in [1.54, 1.807) is 32.3 Å². The van der Waals surface area contributed by atoms with E-state index in [0.29, 0.717) is 24.5 Å². The van der Waals surface area contributed by atoms with Crippen LogP contribution in [0.1, 0.15) is 15.9 Å². The second-order valence-electron chi connectivity index (χ2n) is 5.34. The van der Waals surface area contributed by atoms with E-state index in [-0.39, 0.29) is 5.91 Å². The van der Waals surface area contributed by atoms with Crippen molar-refractivity contribution >= 4 is 17.5 Å². The third-order valence-electron chi connectivity index (χ3n) is 3.24. The topological polar surface area (TPSA) is 38.8 Å². The molecule has 0 aromatic heterocycles. The van der Waals surface area contributed by atoms with Gasteiger partial charge >= 0.3 is 0 Å². The molecule has 2 aromatic rings. The van der Waals surface area contributed by atoms with Gasteiger partial charge in [0.2, 0.25) is 0 Å². The first-order valence-corrected chi connectivity index (χ1v) is 7.68. The molecule has 0 saturated carbocycles. The lowest BCUT2D eigenvalue weighted by molar-refractivity contribution is 0.0827. The molecule has 4 nitrogen and oxygen atoms in total. The Bertz CT molecular complexity index is 686. The molecule has 0 atom stereocenters. The molecule has 23 heavy (non-hydrogen) atoms. The van der Waals surface area contributed by atoms with Gasteiger partial charge in [-0.25, -0.2) is 0 Å². The molecule has 2 aromatic carbocycles. The number of carbonyl (C=O) groups excluding carboxylic acids is 1. The van der Waals surface area contributed by atoms with Crippen LogP contribution in [0.5, 0.6) is 11.5 Å². The summed E-state index contributed by atoms with van der Waals surface area (Å²) in [6, 6.07) is 12.6. The average Bonchev–Trinajstić information content (AvgIpc) is 2.54. The second-order valence-corrected chi connectivity index (χ2v) is 5.74. The fourth-order valence-electron chi connectivity index (χ4n) is 2.00. The molecule has 0 radical (unpaired) electrons. The van der Waals surface area contributed by atoms with Gasteiger partial charge in [0.1, 0.15) is 24.7 Å². The number of halogens is 1. The molecule has 0 aliphatic rings. The summed E-state index contributed by atoms with van der Waals surface area (Å²) >= 11 is 5.97. The van der Waals surface area contributed by atoms with E-state index in [0.717, 1.165) is 16.3 Å². The minimum Gasteiger partial charge on any atom is -0.490 e. The van der Waals surface area contributed by atoms with E-state index in [4.69, 9.17) is 21.1 Å². The van der Waals surface area contributed by atoms with Crippen molar-refractivity contribution in [2.45, 2.75) is 6.92 Å². The Labute approximate surface area is 141 Å². The maximum Gasteiger partial charge on any atom is 0.253 e. The molecule has 0 N–H and O–H groups in total. The zero-order chi connectivity index (χ0) is 16.8. The van der Waals surface area contributed by atoms with Gasteiger partial charge in [-0.3, -0.25) is 4.79 Å². The maximum atomic E-state index is 11.9. The summed E-state index contributed by atoms with van der Waals surface area (Å²) in [6.45, 7) is 2.73. The maximum absolute atomic E-state index is 11.9. The summed E-state index contributed by atoms with van der Waals surface area (Å²) < 4.78 is 11.3. The lowest BCUT2D eigenvalue weighted by Gasteiger charge is -2.12. The first-order valence-electron chi connectivity index (χ1n) is 7.31. The SMILES string of the molecule is Cc1cc(OCCOc2cccc(C(=O)N(C)C)c2)ccc1Cl. The molecule has 0 fully saturated rings. The molecule has 0 aliphatic carbocycles. The van der Waals surface area contributed by atoms with Crippen molar-refractivity contribution in [1.29, 1.82) is 0 Å². The minimum absolute atomic E-state index is 0.0525. The Morgan fingerprint density at radius 3 is 2.30 bits per heavy atom. The zero-order valence-electron chi connectivity index (χ0n) is 13.5. The molecular weight excluding hydrogens is 314 g/mol. The highest BCUT2D eigenvalue weighted by molar-refractivity contribution is 6.31. The molecule has 2 rings (SSSR count). The quantitative estimate of drug-likeness (QED) is 0.755. The van der Waals surface area contributed by atoms with Crippen LogP contribution in [0.15, 0.2) is 42.5 Å². The summed E-state index contributed by atoms with van der Waals surface area (Å²) in [4.78, 5) is 13.4. The normalized spacial score (nSPS) is 10.3. The monoisotopic (exact) mass is 333 g/mol. The third kappa shape index (κ3) is 4.89. The molecular formula is C18H20ClNO3. The number of nitrogens with zero attached hydrogens (tertiary/aromatic N) is 1. The molecule has 0 bridgehead atoms. The van der Waals surface area contributed by atoms with Gasteiger partial charge in [0, 0.05) is 24.7 Å². The van der Waals surface area contributed by atoms with Crippen LogP contribution in [-0.4, -0.2) is 38.1 Å². The first-order chi connectivity index (χ1) is 11.0. The predicted molar refractivity (Wildman–Crippen MR) is 91.6 cm³/mol. The summed E-state index contributed by atoms with van der Waals surface area (Å²) in [5, 5.41) is 0.718. The van der Waals surface area contributed by atoms with Crippen molar-refractivity contribution < 1.29 is 14.3 Å². The van der Waals surface area contributed by atoms with Crippen molar-refractivity contribution in [2.75, 3.05) is 27.3 Å². The van der Waals surface area contributed by atoms with Gasteiger partial charge in [-0.05, 0) is 48.9 Å². The third-order valence-corrected chi connectivity index (χ3v) is 3.66. The molecule has 122 valence electrons. The van der Waals surface area contributed by atoms with Crippen LogP contribution in [0.2, 0.25) is 5.02 Å². The van der Waals surface area contributed by atoms with Crippen molar-refractivity contribution in [3.8, 4) is 11.5 Å². The van der Waals surface area contributed by atoms with Crippen LogP contribution in [0.25, 0.3) is 0 Å². The van der Waals surface area contributed by atoms with Gasteiger partial charge in [-0.15, -0.1) is 0 Å². The number of hydrogen-bond donors (Lipinski definition) is 0. The van der Waals surface area contributed by atoms with Crippen molar-refractivity contribution in [3.05, 3.63) is 58.6 Å². The number of rotatable bonds is 6. The fraction of sp³-hybridized carbons (Fsp3) is 0.278. The molecule has 5 heteroatoms. The van der Waals surface area contributed by atoms with Gasteiger partial charge < -0.3 is 14.4 Å². The second kappa shape index (κ2) is 7.88. The van der Waals surface area contributed by atoms with Gasteiger partial charge in [0.25, 0.3) is 5.91 Å². The highest BCUT2D eigenvalue weighted by Gasteiger charge is 2.08. The summed E-state index contributed by atoms with van der Waals surface area (Å²) in [5.41, 5.74) is 1.57.